The molecule has 1 aromatic carbocycles. The summed E-state index contributed by atoms with van der Waals surface area (Å²) in [6, 6.07) is 5.87. The molecule has 2 N–H and O–H groups in total. The molecule has 0 saturated carbocycles. The summed E-state index contributed by atoms with van der Waals surface area (Å²) in [5.74, 6) is 2.96. The molecule has 0 bridgehead atoms. The summed E-state index contributed by atoms with van der Waals surface area (Å²) < 4.78 is 5.57. The van der Waals surface area contributed by atoms with Gasteiger partial charge in [-0.2, -0.15) is 11.8 Å². The zero-order chi connectivity index (χ0) is 10.4. The Balaban J connectivity index is 2.46. The van der Waals surface area contributed by atoms with Gasteiger partial charge in [0, 0.05) is 5.75 Å². The lowest BCUT2D eigenvalue weighted by molar-refractivity contribution is 0.345. The van der Waals surface area contributed by atoms with Crippen LogP contribution >= 0.6 is 11.8 Å². The van der Waals surface area contributed by atoms with E-state index in [1.54, 1.807) is 0 Å². The van der Waals surface area contributed by atoms with Crippen LogP contribution in [0.15, 0.2) is 18.2 Å². The van der Waals surface area contributed by atoms with Gasteiger partial charge in [0.2, 0.25) is 0 Å². The summed E-state index contributed by atoms with van der Waals surface area (Å²) in [5.41, 5.74) is 7.70. The van der Waals surface area contributed by atoms with Crippen LogP contribution in [0.1, 0.15) is 12.5 Å². The molecule has 0 saturated heterocycles. The van der Waals surface area contributed by atoms with Crippen molar-refractivity contribution >= 4 is 17.4 Å². The number of para-hydroxylation sites is 1. The van der Waals surface area contributed by atoms with Crippen molar-refractivity contribution < 1.29 is 4.74 Å². The van der Waals surface area contributed by atoms with Crippen LogP contribution < -0.4 is 10.5 Å². The zero-order valence-electron chi connectivity index (χ0n) is 8.75. The molecule has 0 heterocycles. The van der Waals surface area contributed by atoms with Crippen LogP contribution in [0.2, 0.25) is 0 Å². The normalized spacial score (nSPS) is 10.1. The quantitative estimate of drug-likeness (QED) is 0.601. The van der Waals surface area contributed by atoms with Crippen molar-refractivity contribution in [2.75, 3.05) is 23.8 Å². The smallest absolute Gasteiger partial charge is 0.142 e. The molecule has 3 heteroatoms. The van der Waals surface area contributed by atoms with E-state index in [2.05, 4.69) is 6.92 Å². The van der Waals surface area contributed by atoms with Gasteiger partial charge >= 0.3 is 0 Å². The number of nitrogens with two attached hydrogens (primary N) is 1. The molecule has 78 valence electrons. The predicted molar refractivity (Wildman–Crippen MR) is 64.1 cm³/mol. The summed E-state index contributed by atoms with van der Waals surface area (Å²) in [6.45, 7) is 4.86. The Morgan fingerprint density at radius 2 is 2.21 bits per heavy atom. The molecule has 0 atom stereocenters. The van der Waals surface area contributed by atoms with E-state index in [1.807, 2.05) is 36.9 Å². The molecular formula is C11H17NOS. The third kappa shape index (κ3) is 3.14. The average molecular weight is 211 g/mol. The highest BCUT2D eigenvalue weighted by Gasteiger charge is 2.01. The van der Waals surface area contributed by atoms with Crippen LogP contribution in [0, 0.1) is 6.92 Å². The Bertz CT molecular complexity index is 289. The summed E-state index contributed by atoms with van der Waals surface area (Å²) in [5, 5.41) is 0. The first-order valence-electron chi connectivity index (χ1n) is 4.81. The second-order valence-electron chi connectivity index (χ2n) is 3.03. The highest BCUT2D eigenvalue weighted by Crippen LogP contribution is 2.24. The standard InChI is InChI=1S/C11H17NOS/c1-3-14-8-7-13-10-6-4-5-9(2)11(10)12/h4-6H,3,7-8,12H2,1-2H3. The fraction of sp³-hybridized carbons (Fsp3) is 0.455. The molecule has 0 spiro atoms. The van der Waals surface area contributed by atoms with Gasteiger partial charge < -0.3 is 10.5 Å². The Kier molecular flexibility index (Phi) is 4.66. The maximum Gasteiger partial charge on any atom is 0.142 e. The predicted octanol–water partition coefficient (Wildman–Crippen LogP) is 2.71. The minimum atomic E-state index is 0.728. The fourth-order valence-corrected chi connectivity index (χ4v) is 1.62. The summed E-state index contributed by atoms with van der Waals surface area (Å²) >= 11 is 1.87. The highest BCUT2D eigenvalue weighted by atomic mass is 32.2. The van der Waals surface area contributed by atoms with Crippen LogP contribution in [-0.4, -0.2) is 18.1 Å². The average Bonchev–Trinajstić information content (AvgIpc) is 2.19. The van der Waals surface area contributed by atoms with E-state index in [1.165, 1.54) is 0 Å². The molecular weight excluding hydrogens is 194 g/mol. The van der Waals surface area contributed by atoms with E-state index in [4.69, 9.17) is 10.5 Å². The number of aryl methyl sites for hydroxylation is 1. The number of benzene rings is 1. The molecule has 0 aliphatic carbocycles. The molecule has 0 amide bonds. The Morgan fingerprint density at radius 3 is 2.93 bits per heavy atom. The number of hydrogen-bond donors (Lipinski definition) is 1. The van der Waals surface area contributed by atoms with Gasteiger partial charge in [0.1, 0.15) is 5.75 Å². The number of rotatable bonds is 5. The number of ether oxygens (including phenoxy) is 1. The number of thioether (sulfide) groups is 1. The van der Waals surface area contributed by atoms with Gasteiger partial charge in [-0.25, -0.2) is 0 Å². The number of hydrogen-bond acceptors (Lipinski definition) is 3. The van der Waals surface area contributed by atoms with E-state index in [-0.39, 0.29) is 0 Å². The summed E-state index contributed by atoms with van der Waals surface area (Å²) in [6.07, 6.45) is 0. The molecule has 0 unspecified atom stereocenters. The number of nitrogen functional groups attached to an aromatic ring is 1. The van der Waals surface area contributed by atoms with Crippen molar-refractivity contribution in [2.24, 2.45) is 0 Å². The van der Waals surface area contributed by atoms with Gasteiger partial charge in [0.25, 0.3) is 0 Å². The summed E-state index contributed by atoms with van der Waals surface area (Å²) in [4.78, 5) is 0. The van der Waals surface area contributed by atoms with Gasteiger partial charge in [-0.15, -0.1) is 0 Å². The topological polar surface area (TPSA) is 35.2 Å². The molecule has 0 aliphatic rings. The zero-order valence-corrected chi connectivity index (χ0v) is 9.56. The Labute approximate surface area is 89.8 Å². The lowest BCUT2D eigenvalue weighted by Crippen LogP contribution is -2.03. The first kappa shape index (κ1) is 11.2. The second kappa shape index (κ2) is 5.81. The van der Waals surface area contributed by atoms with Gasteiger partial charge in [0.05, 0.1) is 12.3 Å². The first-order chi connectivity index (χ1) is 6.75. The van der Waals surface area contributed by atoms with Crippen LogP contribution in [0.5, 0.6) is 5.75 Å². The highest BCUT2D eigenvalue weighted by molar-refractivity contribution is 7.99. The van der Waals surface area contributed by atoms with Crippen LogP contribution in [0.4, 0.5) is 5.69 Å². The van der Waals surface area contributed by atoms with E-state index in [0.717, 1.165) is 35.1 Å². The maximum absolute atomic E-state index is 5.87. The lowest BCUT2D eigenvalue weighted by Gasteiger charge is -2.09. The van der Waals surface area contributed by atoms with Crippen molar-refractivity contribution in [1.82, 2.24) is 0 Å². The molecule has 2 nitrogen and oxygen atoms in total. The molecule has 1 rings (SSSR count). The second-order valence-corrected chi connectivity index (χ2v) is 4.43. The van der Waals surface area contributed by atoms with Crippen molar-refractivity contribution in [3.63, 3.8) is 0 Å². The SMILES string of the molecule is CCSCCOc1cccc(C)c1N. The third-order valence-electron chi connectivity index (χ3n) is 1.97. The van der Waals surface area contributed by atoms with Gasteiger partial charge in [0.15, 0.2) is 0 Å². The van der Waals surface area contributed by atoms with Crippen molar-refractivity contribution in [3.8, 4) is 5.75 Å². The molecule has 0 aromatic heterocycles. The van der Waals surface area contributed by atoms with Crippen molar-refractivity contribution in [2.45, 2.75) is 13.8 Å². The molecule has 1 aromatic rings. The van der Waals surface area contributed by atoms with E-state index >= 15 is 0 Å². The maximum atomic E-state index is 5.87. The van der Waals surface area contributed by atoms with Crippen LogP contribution in [0.25, 0.3) is 0 Å². The van der Waals surface area contributed by atoms with Gasteiger partial charge in [-0.1, -0.05) is 19.1 Å². The summed E-state index contributed by atoms with van der Waals surface area (Å²) in [7, 11) is 0. The molecule has 0 radical (unpaired) electrons. The van der Waals surface area contributed by atoms with E-state index in [9.17, 15) is 0 Å². The Hall–Kier alpha value is -0.830. The van der Waals surface area contributed by atoms with Crippen LogP contribution in [0.3, 0.4) is 0 Å². The van der Waals surface area contributed by atoms with Crippen molar-refractivity contribution in [3.05, 3.63) is 23.8 Å². The third-order valence-corrected chi connectivity index (χ3v) is 2.84. The minimum absolute atomic E-state index is 0.728. The monoisotopic (exact) mass is 211 g/mol. The van der Waals surface area contributed by atoms with E-state index in [0.29, 0.717) is 0 Å². The largest absolute Gasteiger partial charge is 0.491 e. The van der Waals surface area contributed by atoms with Crippen LogP contribution in [-0.2, 0) is 0 Å². The fourth-order valence-electron chi connectivity index (χ4n) is 1.13. The van der Waals surface area contributed by atoms with Gasteiger partial charge in [-0.3, -0.25) is 0 Å². The minimum Gasteiger partial charge on any atom is -0.491 e. The van der Waals surface area contributed by atoms with Crippen molar-refractivity contribution in [1.29, 1.82) is 0 Å². The molecule has 0 aliphatic heterocycles. The molecule has 14 heavy (non-hydrogen) atoms. The molecule has 0 fully saturated rings. The van der Waals surface area contributed by atoms with E-state index < -0.39 is 0 Å². The first-order valence-corrected chi connectivity index (χ1v) is 5.96. The lowest BCUT2D eigenvalue weighted by atomic mass is 10.2. The van der Waals surface area contributed by atoms with Gasteiger partial charge in [-0.05, 0) is 24.3 Å². The Morgan fingerprint density at radius 1 is 1.43 bits per heavy atom. The number of anilines is 1.